The molecule has 0 aliphatic carbocycles. The number of rotatable bonds is 3. The largest absolute Gasteiger partial charge is 0.462 e. The molecule has 3 nitrogen and oxygen atoms in total. The summed E-state index contributed by atoms with van der Waals surface area (Å²) in [7, 11) is 0. The normalized spacial score (nSPS) is 10.8. The van der Waals surface area contributed by atoms with Crippen molar-refractivity contribution in [3.8, 4) is 0 Å². The highest BCUT2D eigenvalue weighted by Crippen LogP contribution is 2.25. The second-order valence-electron chi connectivity index (χ2n) is 3.71. The lowest BCUT2D eigenvalue weighted by atomic mass is 10.2. The van der Waals surface area contributed by atoms with E-state index in [1.807, 2.05) is 35.9 Å². The first-order valence-corrected chi connectivity index (χ1v) is 6.42. The zero-order chi connectivity index (χ0) is 12.4. The second kappa shape index (κ2) is 4.92. The molecule has 4 heteroatoms. The van der Waals surface area contributed by atoms with Crippen LogP contribution in [0.1, 0.15) is 24.2 Å². The number of esters is 1. The minimum atomic E-state index is -0.257. The van der Waals surface area contributed by atoms with Gasteiger partial charge in [-0.05, 0) is 26.0 Å². The highest BCUT2D eigenvalue weighted by atomic mass is 79.9. The van der Waals surface area contributed by atoms with Crippen LogP contribution in [-0.4, -0.2) is 17.1 Å². The summed E-state index contributed by atoms with van der Waals surface area (Å²) >= 11 is 3.44. The van der Waals surface area contributed by atoms with Gasteiger partial charge in [-0.25, -0.2) is 4.79 Å². The Kier molecular flexibility index (Phi) is 3.52. The van der Waals surface area contributed by atoms with Crippen molar-refractivity contribution in [1.29, 1.82) is 0 Å². The molecule has 0 spiro atoms. The first-order valence-electron chi connectivity index (χ1n) is 5.62. The van der Waals surface area contributed by atoms with Crippen molar-refractivity contribution in [3.63, 3.8) is 0 Å². The highest BCUT2D eigenvalue weighted by Gasteiger charge is 2.15. The second-order valence-corrected chi connectivity index (χ2v) is 4.63. The molecule has 0 unspecified atom stereocenters. The predicted octanol–water partition coefficient (Wildman–Crippen LogP) is 3.60. The van der Waals surface area contributed by atoms with Crippen LogP contribution in [0.2, 0.25) is 0 Å². The maximum absolute atomic E-state index is 11.8. The van der Waals surface area contributed by atoms with Gasteiger partial charge in [-0.3, -0.25) is 0 Å². The molecule has 17 heavy (non-hydrogen) atoms. The maximum Gasteiger partial charge on any atom is 0.340 e. The number of ether oxygens (including phenoxy) is 1. The van der Waals surface area contributed by atoms with Crippen LogP contribution in [0.15, 0.2) is 28.9 Å². The summed E-state index contributed by atoms with van der Waals surface area (Å²) in [5, 5.41) is 0.938. The third kappa shape index (κ3) is 2.22. The zero-order valence-corrected chi connectivity index (χ0v) is 11.5. The Hall–Kier alpha value is -1.29. The van der Waals surface area contributed by atoms with Gasteiger partial charge in [0, 0.05) is 28.1 Å². The van der Waals surface area contributed by atoms with Crippen LogP contribution in [-0.2, 0) is 11.3 Å². The van der Waals surface area contributed by atoms with E-state index in [4.69, 9.17) is 4.74 Å². The molecule has 90 valence electrons. The Labute approximate surface area is 108 Å². The molecule has 1 heterocycles. The number of fused-ring (bicyclic) bond motifs is 1. The number of carbonyl (C=O) groups is 1. The van der Waals surface area contributed by atoms with Gasteiger partial charge in [0.2, 0.25) is 0 Å². The molecular weight excluding hydrogens is 282 g/mol. The van der Waals surface area contributed by atoms with Gasteiger partial charge in [-0.2, -0.15) is 0 Å². The van der Waals surface area contributed by atoms with E-state index < -0.39 is 0 Å². The summed E-state index contributed by atoms with van der Waals surface area (Å²) in [5.74, 6) is -0.257. The van der Waals surface area contributed by atoms with Crippen molar-refractivity contribution in [2.75, 3.05) is 6.61 Å². The summed E-state index contributed by atoms with van der Waals surface area (Å²) in [6.45, 7) is 5.09. The Morgan fingerprint density at radius 1 is 1.41 bits per heavy atom. The number of halogens is 1. The van der Waals surface area contributed by atoms with E-state index in [1.54, 1.807) is 0 Å². The third-order valence-electron chi connectivity index (χ3n) is 2.68. The fourth-order valence-corrected chi connectivity index (χ4v) is 2.25. The van der Waals surface area contributed by atoms with Crippen LogP contribution in [0.5, 0.6) is 0 Å². The summed E-state index contributed by atoms with van der Waals surface area (Å²) in [6.07, 6.45) is 1.86. The molecule has 0 atom stereocenters. The molecule has 1 aromatic heterocycles. The van der Waals surface area contributed by atoms with Gasteiger partial charge in [0.05, 0.1) is 12.2 Å². The van der Waals surface area contributed by atoms with E-state index in [-0.39, 0.29) is 5.97 Å². The average molecular weight is 296 g/mol. The number of aromatic nitrogens is 1. The molecule has 0 fully saturated rings. The molecule has 2 rings (SSSR count). The fraction of sp³-hybridized carbons (Fsp3) is 0.308. The van der Waals surface area contributed by atoms with Crippen LogP contribution in [0, 0.1) is 0 Å². The van der Waals surface area contributed by atoms with E-state index in [9.17, 15) is 4.79 Å². The number of nitrogens with zero attached hydrogens (tertiary/aromatic N) is 1. The zero-order valence-electron chi connectivity index (χ0n) is 9.87. The van der Waals surface area contributed by atoms with E-state index in [1.165, 1.54) is 0 Å². The van der Waals surface area contributed by atoms with Crippen molar-refractivity contribution < 1.29 is 9.53 Å². The molecule has 0 N–H and O–H groups in total. The molecule has 1 aromatic carbocycles. The number of hydrogen-bond donors (Lipinski definition) is 0. The lowest BCUT2D eigenvalue weighted by molar-refractivity contribution is 0.0528. The van der Waals surface area contributed by atoms with E-state index in [2.05, 4.69) is 22.9 Å². The van der Waals surface area contributed by atoms with Gasteiger partial charge in [-0.15, -0.1) is 0 Å². The molecule has 0 saturated heterocycles. The molecular formula is C13H14BrNO2. The van der Waals surface area contributed by atoms with Gasteiger partial charge in [0.15, 0.2) is 0 Å². The van der Waals surface area contributed by atoms with Crippen LogP contribution in [0.25, 0.3) is 10.9 Å². The SMILES string of the molecule is CCOC(=O)c1cn(CC)c2cc(Br)ccc12. The molecule has 2 aromatic rings. The van der Waals surface area contributed by atoms with Crippen molar-refractivity contribution in [2.24, 2.45) is 0 Å². The maximum atomic E-state index is 11.8. The lowest BCUT2D eigenvalue weighted by Gasteiger charge is -2.00. The fourth-order valence-electron chi connectivity index (χ4n) is 1.90. The summed E-state index contributed by atoms with van der Waals surface area (Å²) in [5.41, 5.74) is 1.68. The third-order valence-corrected chi connectivity index (χ3v) is 3.17. The van der Waals surface area contributed by atoms with Gasteiger partial charge < -0.3 is 9.30 Å². The molecule has 0 radical (unpaired) electrons. The van der Waals surface area contributed by atoms with Crippen LogP contribution >= 0.6 is 15.9 Å². The highest BCUT2D eigenvalue weighted by molar-refractivity contribution is 9.10. The van der Waals surface area contributed by atoms with Gasteiger partial charge in [0.1, 0.15) is 0 Å². The average Bonchev–Trinajstić information content (AvgIpc) is 2.67. The summed E-state index contributed by atoms with van der Waals surface area (Å²) in [6, 6.07) is 5.89. The summed E-state index contributed by atoms with van der Waals surface area (Å²) in [4.78, 5) is 11.8. The monoisotopic (exact) mass is 295 g/mol. The summed E-state index contributed by atoms with van der Waals surface area (Å²) < 4.78 is 8.12. The Morgan fingerprint density at radius 2 is 2.18 bits per heavy atom. The van der Waals surface area contributed by atoms with Crippen molar-refractivity contribution in [2.45, 2.75) is 20.4 Å². The minimum Gasteiger partial charge on any atom is -0.462 e. The van der Waals surface area contributed by atoms with E-state index >= 15 is 0 Å². The topological polar surface area (TPSA) is 31.2 Å². The first kappa shape index (κ1) is 12.2. The molecule has 0 bridgehead atoms. The Morgan fingerprint density at radius 3 is 2.82 bits per heavy atom. The van der Waals surface area contributed by atoms with Crippen LogP contribution < -0.4 is 0 Å². The number of benzene rings is 1. The Bertz CT molecular complexity index is 560. The van der Waals surface area contributed by atoms with Crippen molar-refractivity contribution in [1.82, 2.24) is 4.57 Å². The van der Waals surface area contributed by atoms with E-state index in [0.29, 0.717) is 12.2 Å². The standard InChI is InChI=1S/C13H14BrNO2/c1-3-15-8-11(13(16)17-4-2)10-6-5-9(14)7-12(10)15/h5-8H,3-4H2,1-2H3. The quantitative estimate of drug-likeness (QED) is 0.810. The van der Waals surface area contributed by atoms with Gasteiger partial charge in [0.25, 0.3) is 0 Å². The number of hydrogen-bond acceptors (Lipinski definition) is 2. The molecule has 0 amide bonds. The lowest BCUT2D eigenvalue weighted by Crippen LogP contribution is -2.03. The first-order chi connectivity index (χ1) is 8.17. The Balaban J connectivity index is 2.61. The predicted molar refractivity (Wildman–Crippen MR) is 71.3 cm³/mol. The van der Waals surface area contributed by atoms with Gasteiger partial charge >= 0.3 is 5.97 Å². The van der Waals surface area contributed by atoms with Gasteiger partial charge in [-0.1, -0.05) is 22.0 Å². The minimum absolute atomic E-state index is 0.257. The molecule has 0 aliphatic heterocycles. The van der Waals surface area contributed by atoms with Crippen LogP contribution in [0.4, 0.5) is 0 Å². The van der Waals surface area contributed by atoms with Crippen LogP contribution in [0.3, 0.4) is 0 Å². The molecule has 0 saturated carbocycles. The van der Waals surface area contributed by atoms with Crippen molar-refractivity contribution >= 4 is 32.8 Å². The smallest absolute Gasteiger partial charge is 0.340 e. The molecule has 0 aliphatic rings. The number of carbonyl (C=O) groups excluding carboxylic acids is 1. The van der Waals surface area contributed by atoms with Crippen molar-refractivity contribution in [3.05, 3.63) is 34.4 Å². The number of aryl methyl sites for hydroxylation is 1. The van der Waals surface area contributed by atoms with E-state index in [0.717, 1.165) is 21.9 Å².